The Morgan fingerprint density at radius 3 is 2.56 bits per heavy atom. The monoisotopic (exact) mass is 480 g/mol. The zero-order valence-corrected chi connectivity index (χ0v) is 20.0. The number of hydrogen-bond donors (Lipinski definition) is 1. The Labute approximate surface area is 203 Å². The Bertz CT molecular complexity index is 1100. The van der Waals surface area contributed by atoms with Gasteiger partial charge in [0.2, 0.25) is 11.8 Å². The summed E-state index contributed by atoms with van der Waals surface area (Å²) in [6.07, 6.45) is 4.15. The van der Waals surface area contributed by atoms with Crippen LogP contribution in [-0.2, 0) is 16.0 Å². The third-order valence-corrected chi connectivity index (χ3v) is 6.85. The number of rotatable bonds is 9. The second-order valence-electron chi connectivity index (χ2n) is 8.39. The van der Waals surface area contributed by atoms with Crippen molar-refractivity contribution in [1.29, 1.82) is 0 Å². The van der Waals surface area contributed by atoms with Gasteiger partial charge in [0.15, 0.2) is 0 Å². The summed E-state index contributed by atoms with van der Waals surface area (Å²) in [5.41, 5.74) is 1.11. The van der Waals surface area contributed by atoms with Gasteiger partial charge in [0.1, 0.15) is 17.6 Å². The second kappa shape index (κ2) is 11.3. The molecule has 0 unspecified atom stereocenters. The van der Waals surface area contributed by atoms with E-state index >= 15 is 0 Å². The first kappa shape index (κ1) is 24.0. The summed E-state index contributed by atoms with van der Waals surface area (Å²) in [6.45, 7) is 2.37. The number of thiophene rings is 1. The Morgan fingerprint density at radius 1 is 1.12 bits per heavy atom. The van der Waals surface area contributed by atoms with E-state index in [1.807, 2.05) is 36.6 Å². The number of benzene rings is 2. The van der Waals surface area contributed by atoms with Gasteiger partial charge >= 0.3 is 0 Å². The zero-order valence-electron chi connectivity index (χ0n) is 19.2. The van der Waals surface area contributed by atoms with E-state index in [0.29, 0.717) is 23.6 Å². The maximum atomic E-state index is 13.8. The number of ether oxygens (including phenoxy) is 1. The molecule has 1 heterocycles. The number of halogens is 1. The minimum atomic E-state index is -0.939. The highest BCUT2D eigenvalue weighted by atomic mass is 32.1. The van der Waals surface area contributed by atoms with E-state index in [4.69, 9.17) is 4.74 Å². The van der Waals surface area contributed by atoms with Crippen LogP contribution >= 0.6 is 11.3 Å². The van der Waals surface area contributed by atoms with Crippen molar-refractivity contribution >= 4 is 28.8 Å². The molecule has 178 valence electrons. The van der Waals surface area contributed by atoms with Crippen molar-refractivity contribution in [1.82, 2.24) is 5.32 Å². The van der Waals surface area contributed by atoms with Gasteiger partial charge < -0.3 is 10.1 Å². The van der Waals surface area contributed by atoms with Crippen LogP contribution in [0, 0.1) is 5.82 Å². The number of anilines is 1. The standard InChI is InChI=1S/C27H29FN2O3S/c1-2-33-23-10-5-9-22(17-23)30(25(31)18-24-11-6-16-34-24)26(19-12-14-20(28)15-13-19)27(32)29-21-7-3-4-8-21/h5-6,9-17,21,26H,2-4,7-8,18H2,1H3,(H,29,32)/t26-/m1/s1. The lowest BCUT2D eigenvalue weighted by atomic mass is 10.0. The molecule has 0 aliphatic heterocycles. The number of hydrogen-bond acceptors (Lipinski definition) is 4. The zero-order chi connectivity index (χ0) is 23.9. The molecule has 0 spiro atoms. The molecule has 1 N–H and O–H groups in total. The van der Waals surface area contributed by atoms with Crippen molar-refractivity contribution < 1.29 is 18.7 Å². The number of carbonyl (C=O) groups excluding carboxylic acids is 2. The summed E-state index contributed by atoms with van der Waals surface area (Å²) < 4.78 is 19.4. The summed E-state index contributed by atoms with van der Waals surface area (Å²) in [4.78, 5) is 29.9. The van der Waals surface area contributed by atoms with Gasteiger partial charge in [-0.15, -0.1) is 11.3 Å². The molecule has 0 bridgehead atoms. The lowest BCUT2D eigenvalue weighted by Crippen LogP contribution is -2.46. The Balaban J connectivity index is 1.76. The maximum Gasteiger partial charge on any atom is 0.248 e. The van der Waals surface area contributed by atoms with Crippen LogP contribution < -0.4 is 15.0 Å². The summed E-state index contributed by atoms with van der Waals surface area (Å²) in [6, 6.07) is 15.9. The van der Waals surface area contributed by atoms with Crippen LogP contribution in [0.1, 0.15) is 49.1 Å². The SMILES string of the molecule is CCOc1cccc(N(C(=O)Cc2cccs2)[C@@H](C(=O)NC2CCCC2)c2ccc(F)cc2)c1. The van der Waals surface area contributed by atoms with Gasteiger partial charge in [-0.05, 0) is 61.0 Å². The molecule has 5 nitrogen and oxygen atoms in total. The molecule has 1 saturated carbocycles. The Morgan fingerprint density at radius 2 is 1.88 bits per heavy atom. The molecule has 1 aliphatic rings. The first-order chi connectivity index (χ1) is 16.5. The smallest absolute Gasteiger partial charge is 0.248 e. The van der Waals surface area contributed by atoms with Crippen molar-refractivity contribution in [2.45, 2.75) is 51.1 Å². The summed E-state index contributed by atoms with van der Waals surface area (Å²) in [5, 5.41) is 5.06. The highest BCUT2D eigenvalue weighted by molar-refractivity contribution is 7.10. The third kappa shape index (κ3) is 5.83. The largest absolute Gasteiger partial charge is 0.494 e. The average Bonchev–Trinajstić information content (AvgIpc) is 3.53. The highest BCUT2D eigenvalue weighted by Crippen LogP contribution is 2.32. The molecule has 7 heteroatoms. The normalized spacial score (nSPS) is 14.5. The minimum absolute atomic E-state index is 0.0828. The summed E-state index contributed by atoms with van der Waals surface area (Å²) >= 11 is 1.50. The molecule has 1 atom stereocenters. The van der Waals surface area contributed by atoms with Crippen LogP contribution in [0.5, 0.6) is 5.75 Å². The Hall–Kier alpha value is -3.19. The number of amides is 2. The van der Waals surface area contributed by atoms with E-state index in [1.165, 1.54) is 28.4 Å². The molecular weight excluding hydrogens is 451 g/mol. The van der Waals surface area contributed by atoms with Crippen molar-refractivity contribution in [3.63, 3.8) is 0 Å². The topological polar surface area (TPSA) is 58.6 Å². The van der Waals surface area contributed by atoms with Gasteiger partial charge in [-0.2, -0.15) is 0 Å². The van der Waals surface area contributed by atoms with Crippen molar-refractivity contribution in [3.05, 3.63) is 82.3 Å². The van der Waals surface area contributed by atoms with Crippen LogP contribution in [0.15, 0.2) is 66.0 Å². The van der Waals surface area contributed by atoms with Crippen LogP contribution in [0.4, 0.5) is 10.1 Å². The molecule has 3 aromatic rings. The molecule has 34 heavy (non-hydrogen) atoms. The molecule has 2 amide bonds. The molecule has 1 aliphatic carbocycles. The van der Waals surface area contributed by atoms with E-state index in [1.54, 1.807) is 24.3 Å². The van der Waals surface area contributed by atoms with E-state index < -0.39 is 11.9 Å². The van der Waals surface area contributed by atoms with Crippen LogP contribution in [0.2, 0.25) is 0 Å². The van der Waals surface area contributed by atoms with Crippen LogP contribution in [0.3, 0.4) is 0 Å². The lowest BCUT2D eigenvalue weighted by molar-refractivity contribution is -0.127. The van der Waals surface area contributed by atoms with Gasteiger partial charge in [-0.3, -0.25) is 14.5 Å². The van der Waals surface area contributed by atoms with Crippen LogP contribution in [-0.4, -0.2) is 24.5 Å². The van der Waals surface area contributed by atoms with Gasteiger partial charge in [0.05, 0.1) is 13.0 Å². The first-order valence-electron chi connectivity index (χ1n) is 11.7. The van der Waals surface area contributed by atoms with E-state index in [-0.39, 0.29) is 24.3 Å². The molecule has 0 saturated heterocycles. The quantitative estimate of drug-likeness (QED) is 0.430. The van der Waals surface area contributed by atoms with E-state index in [0.717, 1.165) is 30.6 Å². The number of nitrogens with one attached hydrogen (secondary N) is 1. The minimum Gasteiger partial charge on any atom is -0.494 e. The van der Waals surface area contributed by atoms with Crippen LogP contribution in [0.25, 0.3) is 0 Å². The van der Waals surface area contributed by atoms with Crippen molar-refractivity contribution in [2.24, 2.45) is 0 Å². The van der Waals surface area contributed by atoms with E-state index in [2.05, 4.69) is 5.32 Å². The third-order valence-electron chi connectivity index (χ3n) is 5.97. The fourth-order valence-electron chi connectivity index (χ4n) is 4.39. The van der Waals surface area contributed by atoms with E-state index in [9.17, 15) is 14.0 Å². The molecule has 1 aromatic heterocycles. The summed E-state index contributed by atoms with van der Waals surface area (Å²) in [5.74, 6) is -0.261. The number of carbonyl (C=O) groups is 2. The first-order valence-corrected chi connectivity index (χ1v) is 12.6. The number of nitrogens with zero attached hydrogens (tertiary/aromatic N) is 1. The maximum absolute atomic E-state index is 13.8. The Kier molecular flexibility index (Phi) is 7.95. The molecule has 0 radical (unpaired) electrons. The second-order valence-corrected chi connectivity index (χ2v) is 9.43. The van der Waals surface area contributed by atoms with Gasteiger partial charge in [-0.25, -0.2) is 4.39 Å². The van der Waals surface area contributed by atoms with Gasteiger partial charge in [-0.1, -0.05) is 37.1 Å². The molecule has 4 rings (SSSR count). The van der Waals surface area contributed by atoms with Gasteiger partial charge in [0, 0.05) is 22.7 Å². The molecular formula is C27H29FN2O3S. The average molecular weight is 481 g/mol. The predicted molar refractivity (Wildman–Crippen MR) is 133 cm³/mol. The lowest BCUT2D eigenvalue weighted by Gasteiger charge is -2.32. The highest BCUT2D eigenvalue weighted by Gasteiger charge is 2.34. The summed E-state index contributed by atoms with van der Waals surface area (Å²) in [7, 11) is 0. The van der Waals surface area contributed by atoms with Crippen molar-refractivity contribution in [3.8, 4) is 5.75 Å². The fourth-order valence-corrected chi connectivity index (χ4v) is 5.08. The molecule has 1 fully saturated rings. The predicted octanol–water partition coefficient (Wildman–Crippen LogP) is 5.66. The van der Waals surface area contributed by atoms with Gasteiger partial charge in [0.25, 0.3) is 0 Å². The molecule has 2 aromatic carbocycles. The fraction of sp³-hybridized carbons (Fsp3) is 0.333. The van der Waals surface area contributed by atoms with Crippen molar-refractivity contribution in [2.75, 3.05) is 11.5 Å².